The maximum absolute atomic E-state index is 12.3. The lowest BCUT2D eigenvalue weighted by Crippen LogP contribution is -2.16. The molecule has 4 nitrogen and oxygen atoms in total. The van der Waals surface area contributed by atoms with Crippen LogP contribution in [0.4, 0.5) is 5.69 Å². The topological polar surface area (TPSA) is 66.4 Å². The SMILES string of the molecule is Cc1cccc(C(=O)Nc2c(Cl)cccc2C(=O)O)c1I. The Kier molecular flexibility index (Phi) is 4.84. The van der Waals surface area contributed by atoms with Gasteiger partial charge < -0.3 is 10.4 Å². The Labute approximate surface area is 140 Å². The number of nitrogens with one attached hydrogen (secondary N) is 1. The fourth-order valence-electron chi connectivity index (χ4n) is 1.83. The zero-order valence-electron chi connectivity index (χ0n) is 11.0. The van der Waals surface area contributed by atoms with Crippen molar-refractivity contribution >= 4 is 51.8 Å². The normalized spacial score (nSPS) is 10.2. The second kappa shape index (κ2) is 6.44. The quantitative estimate of drug-likeness (QED) is 0.738. The number of carbonyl (C=O) groups is 2. The fraction of sp³-hybridized carbons (Fsp3) is 0.0667. The van der Waals surface area contributed by atoms with Crippen LogP contribution in [0.3, 0.4) is 0 Å². The number of amides is 1. The van der Waals surface area contributed by atoms with Crippen molar-refractivity contribution in [3.63, 3.8) is 0 Å². The summed E-state index contributed by atoms with van der Waals surface area (Å²) in [6.45, 7) is 1.90. The van der Waals surface area contributed by atoms with Crippen LogP contribution in [0.5, 0.6) is 0 Å². The van der Waals surface area contributed by atoms with E-state index >= 15 is 0 Å². The van der Waals surface area contributed by atoms with E-state index in [1.807, 2.05) is 13.0 Å². The Morgan fingerprint density at radius 3 is 2.43 bits per heavy atom. The van der Waals surface area contributed by atoms with Crippen LogP contribution >= 0.6 is 34.2 Å². The summed E-state index contributed by atoms with van der Waals surface area (Å²) in [5, 5.41) is 11.9. The highest BCUT2D eigenvalue weighted by molar-refractivity contribution is 14.1. The molecule has 0 aliphatic rings. The van der Waals surface area contributed by atoms with Crippen molar-refractivity contribution in [1.29, 1.82) is 0 Å². The third kappa shape index (κ3) is 3.36. The Hall–Kier alpha value is -1.60. The van der Waals surface area contributed by atoms with Crippen molar-refractivity contribution in [3.05, 3.63) is 61.7 Å². The number of benzene rings is 2. The number of para-hydroxylation sites is 1. The lowest BCUT2D eigenvalue weighted by Gasteiger charge is -2.12. The number of rotatable bonds is 3. The summed E-state index contributed by atoms with van der Waals surface area (Å²) in [4.78, 5) is 23.5. The molecular weight excluding hydrogens is 405 g/mol. The first-order chi connectivity index (χ1) is 9.91. The third-order valence-corrected chi connectivity index (χ3v) is 4.67. The lowest BCUT2D eigenvalue weighted by atomic mass is 10.1. The van der Waals surface area contributed by atoms with Gasteiger partial charge in [-0.25, -0.2) is 4.79 Å². The first-order valence-electron chi connectivity index (χ1n) is 6.00. The molecule has 0 aromatic heterocycles. The van der Waals surface area contributed by atoms with Crippen LogP contribution in [-0.2, 0) is 0 Å². The van der Waals surface area contributed by atoms with E-state index in [1.165, 1.54) is 18.2 Å². The molecule has 0 saturated heterocycles. The molecule has 2 N–H and O–H groups in total. The van der Waals surface area contributed by atoms with E-state index in [-0.39, 0.29) is 16.3 Å². The van der Waals surface area contributed by atoms with Gasteiger partial charge in [0.05, 0.1) is 21.8 Å². The first kappa shape index (κ1) is 15.8. The number of carboxylic acid groups (broad SMARTS) is 1. The monoisotopic (exact) mass is 415 g/mol. The van der Waals surface area contributed by atoms with Gasteiger partial charge in [0.2, 0.25) is 0 Å². The maximum Gasteiger partial charge on any atom is 0.337 e. The average molecular weight is 416 g/mol. The van der Waals surface area contributed by atoms with Gasteiger partial charge in [0.1, 0.15) is 0 Å². The number of hydrogen-bond donors (Lipinski definition) is 2. The van der Waals surface area contributed by atoms with Gasteiger partial charge in [0.15, 0.2) is 0 Å². The number of carbonyl (C=O) groups excluding carboxylic acids is 1. The van der Waals surface area contributed by atoms with Gasteiger partial charge >= 0.3 is 5.97 Å². The molecule has 0 radical (unpaired) electrons. The number of anilines is 1. The zero-order valence-corrected chi connectivity index (χ0v) is 13.9. The molecule has 0 saturated carbocycles. The summed E-state index contributed by atoms with van der Waals surface area (Å²) in [5.74, 6) is -1.54. The molecule has 0 bridgehead atoms. The second-order valence-corrected chi connectivity index (χ2v) is 5.84. The highest BCUT2D eigenvalue weighted by Crippen LogP contribution is 2.27. The summed E-state index contributed by atoms with van der Waals surface area (Å²) >= 11 is 8.08. The van der Waals surface area contributed by atoms with Crippen molar-refractivity contribution in [2.24, 2.45) is 0 Å². The molecule has 0 aliphatic heterocycles. The van der Waals surface area contributed by atoms with E-state index in [0.717, 1.165) is 9.13 Å². The number of carboxylic acids is 1. The van der Waals surface area contributed by atoms with E-state index in [0.29, 0.717) is 5.56 Å². The Balaban J connectivity index is 2.41. The molecule has 0 heterocycles. The molecule has 2 aromatic rings. The summed E-state index contributed by atoms with van der Waals surface area (Å²) < 4.78 is 0.816. The van der Waals surface area contributed by atoms with Gasteiger partial charge in [-0.15, -0.1) is 0 Å². The molecule has 2 rings (SSSR count). The van der Waals surface area contributed by atoms with Crippen LogP contribution in [0.2, 0.25) is 5.02 Å². The molecule has 0 atom stereocenters. The van der Waals surface area contributed by atoms with E-state index in [9.17, 15) is 9.59 Å². The molecular formula is C15H11ClINO3. The van der Waals surface area contributed by atoms with Gasteiger partial charge in [0, 0.05) is 3.57 Å². The van der Waals surface area contributed by atoms with Crippen molar-refractivity contribution in [1.82, 2.24) is 0 Å². The minimum Gasteiger partial charge on any atom is -0.478 e. The first-order valence-corrected chi connectivity index (χ1v) is 7.45. The molecule has 0 spiro atoms. The Bertz CT molecular complexity index is 731. The lowest BCUT2D eigenvalue weighted by molar-refractivity contribution is 0.0698. The molecule has 1 amide bonds. The van der Waals surface area contributed by atoms with Crippen LogP contribution in [-0.4, -0.2) is 17.0 Å². The average Bonchev–Trinajstić information content (AvgIpc) is 2.43. The van der Waals surface area contributed by atoms with Gasteiger partial charge in [-0.1, -0.05) is 29.8 Å². The van der Waals surface area contributed by atoms with Crippen LogP contribution in [0.15, 0.2) is 36.4 Å². The van der Waals surface area contributed by atoms with Crippen LogP contribution < -0.4 is 5.32 Å². The van der Waals surface area contributed by atoms with Gasteiger partial charge in [-0.2, -0.15) is 0 Å². The van der Waals surface area contributed by atoms with E-state index in [1.54, 1.807) is 12.1 Å². The second-order valence-electron chi connectivity index (χ2n) is 4.36. The Morgan fingerprint density at radius 2 is 1.76 bits per heavy atom. The third-order valence-electron chi connectivity index (χ3n) is 2.92. The van der Waals surface area contributed by atoms with E-state index < -0.39 is 11.9 Å². The predicted octanol–water partition coefficient (Wildman–Crippen LogP) is 4.20. The summed E-state index contributed by atoms with van der Waals surface area (Å²) in [5.41, 5.74) is 1.51. The molecule has 21 heavy (non-hydrogen) atoms. The standard InChI is InChI=1S/C15H11ClINO3/c1-8-4-2-5-9(12(8)17)14(19)18-13-10(15(20)21)6-3-7-11(13)16/h2-7H,1H3,(H,18,19)(H,20,21). The Morgan fingerprint density at radius 1 is 1.14 bits per heavy atom. The maximum atomic E-state index is 12.3. The van der Waals surface area contributed by atoms with Gasteiger partial charge in [-0.05, 0) is 53.3 Å². The number of aryl methyl sites for hydroxylation is 1. The highest BCUT2D eigenvalue weighted by atomic mass is 127. The van der Waals surface area contributed by atoms with E-state index in [4.69, 9.17) is 16.7 Å². The zero-order chi connectivity index (χ0) is 15.6. The van der Waals surface area contributed by atoms with Gasteiger partial charge in [-0.3, -0.25) is 4.79 Å². The number of aromatic carboxylic acids is 1. The molecule has 0 fully saturated rings. The van der Waals surface area contributed by atoms with Crippen molar-refractivity contribution in [2.75, 3.05) is 5.32 Å². The van der Waals surface area contributed by atoms with Crippen molar-refractivity contribution in [3.8, 4) is 0 Å². The minimum atomic E-state index is -1.15. The number of hydrogen-bond acceptors (Lipinski definition) is 2. The summed E-state index contributed by atoms with van der Waals surface area (Å²) in [7, 11) is 0. The molecule has 6 heteroatoms. The van der Waals surface area contributed by atoms with Crippen LogP contribution in [0, 0.1) is 10.5 Å². The van der Waals surface area contributed by atoms with Crippen molar-refractivity contribution < 1.29 is 14.7 Å². The highest BCUT2D eigenvalue weighted by Gasteiger charge is 2.18. The molecule has 2 aromatic carbocycles. The summed E-state index contributed by atoms with van der Waals surface area (Å²) in [6, 6.07) is 9.81. The molecule has 0 aliphatic carbocycles. The number of halogens is 2. The summed E-state index contributed by atoms with van der Waals surface area (Å²) in [6.07, 6.45) is 0. The fourth-order valence-corrected chi connectivity index (χ4v) is 2.66. The predicted molar refractivity (Wildman–Crippen MR) is 90.3 cm³/mol. The smallest absolute Gasteiger partial charge is 0.337 e. The van der Waals surface area contributed by atoms with Gasteiger partial charge in [0.25, 0.3) is 5.91 Å². The largest absolute Gasteiger partial charge is 0.478 e. The van der Waals surface area contributed by atoms with Crippen LogP contribution in [0.25, 0.3) is 0 Å². The van der Waals surface area contributed by atoms with Crippen LogP contribution in [0.1, 0.15) is 26.3 Å². The molecule has 108 valence electrons. The van der Waals surface area contributed by atoms with Crippen molar-refractivity contribution in [2.45, 2.75) is 6.92 Å². The van der Waals surface area contributed by atoms with E-state index in [2.05, 4.69) is 27.9 Å². The molecule has 0 unspecified atom stereocenters. The minimum absolute atomic E-state index is 0.0430.